The highest BCUT2D eigenvalue weighted by atomic mass is 32.1. The Morgan fingerprint density at radius 1 is 1.20 bits per heavy atom. The van der Waals surface area contributed by atoms with E-state index in [0.29, 0.717) is 5.13 Å². The van der Waals surface area contributed by atoms with Gasteiger partial charge in [-0.05, 0) is 26.3 Å². The molecule has 25 heavy (non-hydrogen) atoms. The molecule has 1 aromatic heterocycles. The summed E-state index contributed by atoms with van der Waals surface area (Å²) < 4.78 is 0. The molecule has 2 aromatic rings. The Kier molecular flexibility index (Phi) is 5.83. The van der Waals surface area contributed by atoms with Crippen molar-refractivity contribution in [3.05, 3.63) is 46.5 Å². The lowest BCUT2D eigenvalue weighted by Crippen LogP contribution is -2.52. The number of aryl methyl sites for hydroxylation is 2. The summed E-state index contributed by atoms with van der Waals surface area (Å²) >= 11 is 1.54. The fraction of sp³-hybridized carbons (Fsp3) is 0.474. The number of thiazole rings is 1. The van der Waals surface area contributed by atoms with Gasteiger partial charge in [-0.1, -0.05) is 30.3 Å². The van der Waals surface area contributed by atoms with E-state index in [-0.39, 0.29) is 11.9 Å². The van der Waals surface area contributed by atoms with Crippen molar-refractivity contribution in [1.82, 2.24) is 14.8 Å². The van der Waals surface area contributed by atoms with Crippen LogP contribution in [0.5, 0.6) is 0 Å². The van der Waals surface area contributed by atoms with Crippen molar-refractivity contribution >= 4 is 22.4 Å². The van der Waals surface area contributed by atoms with Crippen LogP contribution < -0.4 is 5.32 Å². The first-order chi connectivity index (χ1) is 12.0. The number of piperazine rings is 1. The molecule has 3 rings (SSSR count). The van der Waals surface area contributed by atoms with Crippen molar-refractivity contribution in [2.24, 2.45) is 0 Å². The summed E-state index contributed by atoms with van der Waals surface area (Å²) in [7, 11) is 0. The minimum Gasteiger partial charge on any atom is -0.301 e. The molecule has 0 bridgehead atoms. The molecule has 1 amide bonds. The van der Waals surface area contributed by atoms with Crippen LogP contribution in [0.1, 0.15) is 23.1 Å². The van der Waals surface area contributed by atoms with Gasteiger partial charge in [-0.2, -0.15) is 0 Å². The quantitative estimate of drug-likeness (QED) is 0.893. The highest BCUT2D eigenvalue weighted by Gasteiger charge is 2.26. The van der Waals surface area contributed by atoms with Gasteiger partial charge in [0.15, 0.2) is 5.13 Å². The van der Waals surface area contributed by atoms with Gasteiger partial charge < -0.3 is 5.32 Å². The smallest absolute Gasteiger partial charge is 0.243 e. The summed E-state index contributed by atoms with van der Waals surface area (Å²) in [5, 5.41) is 3.67. The third-order valence-corrected chi connectivity index (χ3v) is 5.83. The number of hydrogen-bond donors (Lipinski definition) is 1. The van der Waals surface area contributed by atoms with Gasteiger partial charge in [0.2, 0.25) is 5.91 Å². The normalized spacial score (nSPS) is 17.4. The van der Waals surface area contributed by atoms with E-state index in [2.05, 4.69) is 44.4 Å². The SMILES string of the molecule is Cc1nc(NC(=O)C(C)N2CCN(Cc3ccccc3)CC2)sc1C. The number of anilines is 1. The lowest BCUT2D eigenvalue weighted by atomic mass is 10.1. The van der Waals surface area contributed by atoms with Gasteiger partial charge in [0.1, 0.15) is 0 Å². The molecular weight excluding hydrogens is 332 g/mol. The summed E-state index contributed by atoms with van der Waals surface area (Å²) in [5.41, 5.74) is 2.33. The predicted octanol–water partition coefficient (Wildman–Crippen LogP) is 2.90. The molecule has 5 nitrogen and oxygen atoms in total. The molecule has 134 valence electrons. The van der Waals surface area contributed by atoms with Crippen LogP contribution >= 0.6 is 11.3 Å². The van der Waals surface area contributed by atoms with Gasteiger partial charge >= 0.3 is 0 Å². The Labute approximate surface area is 153 Å². The van der Waals surface area contributed by atoms with Gasteiger partial charge in [-0.25, -0.2) is 4.98 Å². The number of carbonyl (C=O) groups is 1. The number of nitrogens with zero attached hydrogens (tertiary/aromatic N) is 3. The van der Waals surface area contributed by atoms with Crippen LogP contribution in [0.15, 0.2) is 30.3 Å². The van der Waals surface area contributed by atoms with E-state index >= 15 is 0 Å². The van der Waals surface area contributed by atoms with E-state index in [4.69, 9.17) is 0 Å². The molecule has 1 aliphatic heterocycles. The third kappa shape index (κ3) is 4.66. The first-order valence-electron chi connectivity index (χ1n) is 8.78. The summed E-state index contributed by atoms with van der Waals surface area (Å²) in [6.45, 7) is 10.8. The van der Waals surface area contributed by atoms with Crippen molar-refractivity contribution in [3.63, 3.8) is 0 Å². The number of carbonyl (C=O) groups excluding carboxylic acids is 1. The molecule has 1 fully saturated rings. The van der Waals surface area contributed by atoms with Crippen molar-refractivity contribution in [2.45, 2.75) is 33.4 Å². The molecule has 1 aromatic carbocycles. The molecule has 0 aliphatic carbocycles. The Morgan fingerprint density at radius 2 is 1.88 bits per heavy atom. The molecule has 1 N–H and O–H groups in total. The van der Waals surface area contributed by atoms with Crippen LogP contribution in [-0.4, -0.2) is 52.9 Å². The van der Waals surface area contributed by atoms with Gasteiger partial charge in [-0.3, -0.25) is 14.6 Å². The van der Waals surface area contributed by atoms with Gasteiger partial charge in [0, 0.05) is 37.6 Å². The van der Waals surface area contributed by atoms with E-state index in [9.17, 15) is 4.79 Å². The van der Waals surface area contributed by atoms with E-state index in [0.717, 1.165) is 43.3 Å². The lowest BCUT2D eigenvalue weighted by Gasteiger charge is -2.37. The lowest BCUT2D eigenvalue weighted by molar-refractivity contribution is -0.121. The molecular formula is C19H26N4OS. The first-order valence-corrected chi connectivity index (χ1v) is 9.60. The average molecular weight is 359 g/mol. The van der Waals surface area contributed by atoms with Crippen LogP contribution in [0.25, 0.3) is 0 Å². The van der Waals surface area contributed by atoms with E-state index < -0.39 is 0 Å². The van der Waals surface area contributed by atoms with Crippen LogP contribution in [0, 0.1) is 13.8 Å². The largest absolute Gasteiger partial charge is 0.301 e. The maximum absolute atomic E-state index is 12.5. The number of nitrogens with one attached hydrogen (secondary N) is 1. The molecule has 1 unspecified atom stereocenters. The van der Waals surface area contributed by atoms with Crippen molar-refractivity contribution in [1.29, 1.82) is 0 Å². The van der Waals surface area contributed by atoms with Gasteiger partial charge in [0.05, 0.1) is 11.7 Å². The minimum atomic E-state index is -0.136. The number of rotatable bonds is 5. The summed E-state index contributed by atoms with van der Waals surface area (Å²) in [4.78, 5) is 22.8. The van der Waals surface area contributed by atoms with Gasteiger partial charge in [0.25, 0.3) is 0 Å². The topological polar surface area (TPSA) is 48.5 Å². The van der Waals surface area contributed by atoms with Crippen LogP contribution in [0.3, 0.4) is 0 Å². The summed E-state index contributed by atoms with van der Waals surface area (Å²) in [6.07, 6.45) is 0. The minimum absolute atomic E-state index is 0.0326. The van der Waals surface area contributed by atoms with E-state index in [1.165, 1.54) is 16.9 Å². The Balaban J connectivity index is 1.49. The molecule has 2 heterocycles. The second-order valence-electron chi connectivity index (χ2n) is 6.62. The number of hydrogen-bond acceptors (Lipinski definition) is 5. The number of aromatic nitrogens is 1. The maximum Gasteiger partial charge on any atom is 0.243 e. The van der Waals surface area contributed by atoms with Crippen molar-refractivity contribution in [2.75, 3.05) is 31.5 Å². The Hall–Kier alpha value is -1.76. The Bertz CT molecular complexity index is 688. The molecule has 1 saturated heterocycles. The summed E-state index contributed by atoms with van der Waals surface area (Å²) in [5.74, 6) is 0.0326. The monoisotopic (exact) mass is 358 g/mol. The van der Waals surface area contributed by atoms with Gasteiger partial charge in [-0.15, -0.1) is 11.3 Å². The molecule has 0 saturated carbocycles. The van der Waals surface area contributed by atoms with E-state index in [1.807, 2.05) is 26.8 Å². The van der Waals surface area contributed by atoms with E-state index in [1.54, 1.807) is 0 Å². The third-order valence-electron chi connectivity index (χ3n) is 4.84. The summed E-state index contributed by atoms with van der Waals surface area (Å²) in [6, 6.07) is 10.4. The highest BCUT2D eigenvalue weighted by molar-refractivity contribution is 7.15. The molecule has 0 spiro atoms. The zero-order valence-corrected chi connectivity index (χ0v) is 16.0. The molecule has 6 heteroatoms. The molecule has 0 radical (unpaired) electrons. The number of benzene rings is 1. The predicted molar refractivity (Wildman–Crippen MR) is 103 cm³/mol. The fourth-order valence-electron chi connectivity index (χ4n) is 3.05. The average Bonchev–Trinajstić information content (AvgIpc) is 2.93. The fourth-order valence-corrected chi connectivity index (χ4v) is 3.87. The maximum atomic E-state index is 12.5. The van der Waals surface area contributed by atoms with Crippen molar-refractivity contribution in [3.8, 4) is 0 Å². The standard InChI is InChI=1S/C19H26N4OS/c1-14-16(3)25-19(20-14)21-18(24)15(2)23-11-9-22(10-12-23)13-17-7-5-4-6-8-17/h4-8,15H,9-13H2,1-3H3,(H,20,21,24). The van der Waals surface area contributed by atoms with Crippen LogP contribution in [-0.2, 0) is 11.3 Å². The van der Waals surface area contributed by atoms with Crippen molar-refractivity contribution < 1.29 is 4.79 Å². The van der Waals surface area contributed by atoms with Crippen LogP contribution in [0.2, 0.25) is 0 Å². The zero-order valence-electron chi connectivity index (χ0n) is 15.2. The second kappa shape index (κ2) is 8.08. The molecule has 1 aliphatic rings. The molecule has 1 atom stereocenters. The first kappa shape index (κ1) is 18.0. The highest BCUT2D eigenvalue weighted by Crippen LogP contribution is 2.21. The number of amides is 1. The second-order valence-corrected chi connectivity index (χ2v) is 7.83. The zero-order chi connectivity index (χ0) is 17.8. The Morgan fingerprint density at radius 3 is 2.48 bits per heavy atom. The van der Waals surface area contributed by atoms with Crippen LogP contribution in [0.4, 0.5) is 5.13 Å².